The Balaban J connectivity index is 1.56. The maximum absolute atomic E-state index is 12.6. The number of pyridine rings is 1. The number of rotatable bonds is 5. The molecule has 2 aromatic rings. The summed E-state index contributed by atoms with van der Waals surface area (Å²) in [6.45, 7) is 4.86. The standard InChI is InChI=1S/C20H24N2O4S/c1-15-5-6-16(2)18(12-15)14-26-20(23)17-7-10-22(11-8-17)27(24,25)19-4-3-9-21-13-19/h3-6,9,12-13,17H,7-8,10-11,14H2,1-2H3. The second-order valence-electron chi connectivity index (χ2n) is 6.90. The van der Waals surface area contributed by atoms with Gasteiger partial charge in [-0.3, -0.25) is 9.78 Å². The van der Waals surface area contributed by atoms with Crippen LogP contribution in [0.2, 0.25) is 0 Å². The van der Waals surface area contributed by atoms with E-state index in [2.05, 4.69) is 4.98 Å². The minimum atomic E-state index is -3.56. The Labute approximate surface area is 160 Å². The van der Waals surface area contributed by atoms with Crippen LogP contribution in [0.1, 0.15) is 29.5 Å². The van der Waals surface area contributed by atoms with Crippen molar-refractivity contribution in [1.82, 2.24) is 9.29 Å². The van der Waals surface area contributed by atoms with Gasteiger partial charge in [0.2, 0.25) is 10.0 Å². The second kappa shape index (κ2) is 8.19. The van der Waals surface area contributed by atoms with Gasteiger partial charge in [0.1, 0.15) is 11.5 Å². The third-order valence-electron chi connectivity index (χ3n) is 4.93. The number of carbonyl (C=O) groups is 1. The molecular formula is C20H24N2O4S. The van der Waals surface area contributed by atoms with Crippen LogP contribution in [0.15, 0.2) is 47.6 Å². The van der Waals surface area contributed by atoms with Crippen molar-refractivity contribution in [3.63, 3.8) is 0 Å². The highest BCUT2D eigenvalue weighted by Crippen LogP contribution is 2.24. The van der Waals surface area contributed by atoms with Gasteiger partial charge in [0.05, 0.1) is 5.92 Å². The van der Waals surface area contributed by atoms with E-state index in [-0.39, 0.29) is 23.4 Å². The minimum Gasteiger partial charge on any atom is -0.461 e. The summed E-state index contributed by atoms with van der Waals surface area (Å²) in [5, 5.41) is 0. The van der Waals surface area contributed by atoms with E-state index in [0.717, 1.165) is 16.7 Å². The van der Waals surface area contributed by atoms with E-state index < -0.39 is 10.0 Å². The predicted octanol–water partition coefficient (Wildman–Crippen LogP) is 2.84. The van der Waals surface area contributed by atoms with Gasteiger partial charge in [0, 0.05) is 25.5 Å². The number of piperidine rings is 1. The first-order chi connectivity index (χ1) is 12.9. The molecule has 27 heavy (non-hydrogen) atoms. The zero-order valence-corrected chi connectivity index (χ0v) is 16.4. The van der Waals surface area contributed by atoms with E-state index in [1.54, 1.807) is 6.07 Å². The molecule has 0 N–H and O–H groups in total. The number of hydrogen-bond donors (Lipinski definition) is 0. The second-order valence-corrected chi connectivity index (χ2v) is 8.84. The van der Waals surface area contributed by atoms with E-state index in [1.165, 1.54) is 22.8 Å². The molecule has 0 aliphatic carbocycles. The lowest BCUT2D eigenvalue weighted by Crippen LogP contribution is -2.40. The molecule has 1 aromatic carbocycles. The van der Waals surface area contributed by atoms with Gasteiger partial charge in [-0.25, -0.2) is 8.42 Å². The highest BCUT2D eigenvalue weighted by Gasteiger charge is 2.32. The van der Waals surface area contributed by atoms with Gasteiger partial charge in [-0.05, 0) is 49.9 Å². The van der Waals surface area contributed by atoms with Gasteiger partial charge in [-0.15, -0.1) is 0 Å². The molecule has 0 radical (unpaired) electrons. The van der Waals surface area contributed by atoms with Crippen molar-refractivity contribution in [2.45, 2.75) is 38.2 Å². The summed E-state index contributed by atoms with van der Waals surface area (Å²) < 4.78 is 32.1. The van der Waals surface area contributed by atoms with E-state index >= 15 is 0 Å². The third kappa shape index (κ3) is 4.54. The van der Waals surface area contributed by atoms with E-state index in [9.17, 15) is 13.2 Å². The van der Waals surface area contributed by atoms with Gasteiger partial charge < -0.3 is 4.74 Å². The van der Waals surface area contributed by atoms with Crippen molar-refractivity contribution >= 4 is 16.0 Å². The van der Waals surface area contributed by atoms with E-state index in [1.807, 2.05) is 32.0 Å². The molecule has 0 saturated carbocycles. The predicted molar refractivity (Wildman–Crippen MR) is 101 cm³/mol. The maximum Gasteiger partial charge on any atom is 0.309 e. The normalized spacial score (nSPS) is 16.2. The highest BCUT2D eigenvalue weighted by molar-refractivity contribution is 7.89. The van der Waals surface area contributed by atoms with Crippen molar-refractivity contribution in [3.05, 3.63) is 59.4 Å². The highest BCUT2D eigenvalue weighted by atomic mass is 32.2. The molecule has 3 rings (SSSR count). The summed E-state index contributed by atoms with van der Waals surface area (Å²) in [6.07, 6.45) is 3.81. The quantitative estimate of drug-likeness (QED) is 0.736. The summed E-state index contributed by atoms with van der Waals surface area (Å²) in [6, 6.07) is 9.20. The summed E-state index contributed by atoms with van der Waals surface area (Å²) in [5.74, 6) is -0.523. The number of nitrogens with zero attached hydrogens (tertiary/aromatic N) is 2. The van der Waals surface area contributed by atoms with Crippen molar-refractivity contribution in [2.75, 3.05) is 13.1 Å². The van der Waals surface area contributed by atoms with Gasteiger partial charge in [-0.2, -0.15) is 4.31 Å². The largest absolute Gasteiger partial charge is 0.461 e. The summed E-state index contributed by atoms with van der Waals surface area (Å²) in [5.41, 5.74) is 3.21. The number of esters is 1. The Kier molecular flexibility index (Phi) is 5.92. The summed E-state index contributed by atoms with van der Waals surface area (Å²) in [7, 11) is -3.56. The Morgan fingerprint density at radius 1 is 1.22 bits per heavy atom. The lowest BCUT2D eigenvalue weighted by molar-refractivity contribution is -0.151. The van der Waals surface area contributed by atoms with Crippen LogP contribution >= 0.6 is 0 Å². The van der Waals surface area contributed by atoms with Crippen LogP contribution in [0.25, 0.3) is 0 Å². The van der Waals surface area contributed by atoms with Crippen LogP contribution in [0.4, 0.5) is 0 Å². The number of sulfonamides is 1. The monoisotopic (exact) mass is 388 g/mol. The van der Waals surface area contributed by atoms with Crippen LogP contribution in [0.3, 0.4) is 0 Å². The molecule has 1 aliphatic heterocycles. The SMILES string of the molecule is Cc1ccc(C)c(COC(=O)C2CCN(S(=O)(=O)c3cccnc3)CC2)c1. The van der Waals surface area contributed by atoms with Crippen molar-refractivity contribution in [2.24, 2.45) is 5.92 Å². The van der Waals surface area contributed by atoms with Crippen LogP contribution in [0, 0.1) is 19.8 Å². The van der Waals surface area contributed by atoms with Crippen molar-refractivity contribution in [3.8, 4) is 0 Å². The molecule has 0 unspecified atom stereocenters. The fourth-order valence-corrected chi connectivity index (χ4v) is 4.64. The summed E-state index contributed by atoms with van der Waals surface area (Å²) in [4.78, 5) is 16.5. The van der Waals surface area contributed by atoms with Gasteiger partial charge >= 0.3 is 5.97 Å². The fraction of sp³-hybridized carbons (Fsp3) is 0.400. The first kappa shape index (κ1) is 19.5. The average Bonchev–Trinajstić information content (AvgIpc) is 2.69. The van der Waals surface area contributed by atoms with Crippen molar-refractivity contribution in [1.29, 1.82) is 0 Å². The fourth-order valence-electron chi connectivity index (χ4n) is 3.20. The van der Waals surface area contributed by atoms with Crippen molar-refractivity contribution < 1.29 is 17.9 Å². The molecule has 7 heteroatoms. The van der Waals surface area contributed by atoms with E-state index in [4.69, 9.17) is 4.74 Å². The molecule has 0 amide bonds. The molecule has 144 valence electrons. The smallest absolute Gasteiger partial charge is 0.309 e. The third-order valence-corrected chi connectivity index (χ3v) is 6.82. The average molecular weight is 388 g/mol. The molecule has 6 nitrogen and oxygen atoms in total. The van der Waals surface area contributed by atoms with Crippen LogP contribution in [-0.2, 0) is 26.2 Å². The molecule has 0 bridgehead atoms. The zero-order valence-electron chi connectivity index (χ0n) is 15.6. The lowest BCUT2D eigenvalue weighted by Gasteiger charge is -2.30. The molecule has 1 aromatic heterocycles. The maximum atomic E-state index is 12.6. The number of ether oxygens (including phenoxy) is 1. The molecule has 1 saturated heterocycles. The Bertz CT molecular complexity index is 905. The Morgan fingerprint density at radius 3 is 2.63 bits per heavy atom. The molecule has 0 spiro atoms. The Hall–Kier alpha value is -2.25. The number of aromatic nitrogens is 1. The van der Waals surface area contributed by atoms with Gasteiger partial charge in [0.15, 0.2) is 0 Å². The van der Waals surface area contributed by atoms with Gasteiger partial charge in [-0.1, -0.05) is 23.8 Å². The first-order valence-corrected chi connectivity index (χ1v) is 10.4. The number of aryl methyl sites for hydroxylation is 2. The van der Waals surface area contributed by atoms with Crippen LogP contribution in [0.5, 0.6) is 0 Å². The number of benzene rings is 1. The lowest BCUT2D eigenvalue weighted by atomic mass is 9.98. The number of hydrogen-bond acceptors (Lipinski definition) is 5. The molecule has 0 atom stereocenters. The Morgan fingerprint density at radius 2 is 1.96 bits per heavy atom. The molecule has 1 fully saturated rings. The molecule has 1 aliphatic rings. The van der Waals surface area contributed by atoms with E-state index in [0.29, 0.717) is 25.9 Å². The minimum absolute atomic E-state index is 0.181. The summed E-state index contributed by atoms with van der Waals surface area (Å²) >= 11 is 0. The van der Waals surface area contributed by atoms with Gasteiger partial charge in [0.25, 0.3) is 0 Å². The molecular weight excluding hydrogens is 364 g/mol. The van der Waals surface area contributed by atoms with Crippen LogP contribution in [-0.4, -0.2) is 36.8 Å². The first-order valence-electron chi connectivity index (χ1n) is 9.01. The van der Waals surface area contributed by atoms with Crippen LogP contribution < -0.4 is 0 Å². The number of carbonyl (C=O) groups excluding carboxylic acids is 1. The topological polar surface area (TPSA) is 76.6 Å². The molecule has 2 heterocycles. The zero-order chi connectivity index (χ0) is 19.4.